The van der Waals surface area contributed by atoms with E-state index in [0.717, 1.165) is 77.0 Å². The Morgan fingerprint density at radius 3 is 1.14 bits per heavy atom. The van der Waals surface area contributed by atoms with Crippen molar-refractivity contribution in [3.8, 4) is 0 Å². The van der Waals surface area contributed by atoms with Crippen LogP contribution in [0.1, 0.15) is 143 Å². The minimum atomic E-state index is -6.11. The molecule has 0 saturated carbocycles. The van der Waals surface area contributed by atoms with Gasteiger partial charge in [0.25, 0.3) is 5.78 Å². The van der Waals surface area contributed by atoms with Crippen molar-refractivity contribution in [1.29, 1.82) is 0 Å². The molecule has 37 heavy (non-hydrogen) atoms. The lowest BCUT2D eigenvalue weighted by Gasteiger charge is -2.32. The summed E-state index contributed by atoms with van der Waals surface area (Å²) in [5.41, 5.74) is -3.08. The first kappa shape index (κ1) is 35.9. The van der Waals surface area contributed by atoms with Crippen LogP contribution in [-0.2, 0) is 9.59 Å². The summed E-state index contributed by atoms with van der Waals surface area (Å²) in [6, 6.07) is 0. The highest BCUT2D eigenvalue weighted by Gasteiger charge is 2.75. The van der Waals surface area contributed by atoms with E-state index in [4.69, 9.17) is 0 Å². The van der Waals surface area contributed by atoms with Crippen molar-refractivity contribution in [2.75, 3.05) is 0 Å². The molecule has 220 valence electrons. The van der Waals surface area contributed by atoms with E-state index in [-0.39, 0.29) is 12.8 Å². The van der Waals surface area contributed by atoms with E-state index in [1.807, 2.05) is 0 Å². The van der Waals surface area contributed by atoms with Crippen LogP contribution in [0.5, 0.6) is 0 Å². The lowest BCUT2D eigenvalue weighted by Crippen LogP contribution is -2.61. The van der Waals surface area contributed by atoms with Crippen molar-refractivity contribution in [1.82, 2.24) is 0 Å². The van der Waals surface area contributed by atoms with Gasteiger partial charge in [-0.25, -0.2) is 4.39 Å². The van der Waals surface area contributed by atoms with Crippen molar-refractivity contribution < 1.29 is 40.3 Å². The molecule has 0 fully saturated rings. The number of hydrogen-bond acceptors (Lipinski definition) is 2. The standard InChI is InChI=1S/C28H47F7O2/c1-4-7-9-11-13-15-17-19-21-25(29,22-20-18-16-14-12-10-8-5-2)23(36)24(37)27(32,33)28(34,35)26(30,31)6-3/h4-22H2,1-3H3. The fourth-order valence-corrected chi connectivity index (χ4v) is 4.37. The molecule has 0 aromatic rings. The molecule has 2 nitrogen and oxygen atoms in total. The Kier molecular flexibility index (Phi) is 16.9. The number of ketones is 2. The van der Waals surface area contributed by atoms with E-state index < -0.39 is 54.3 Å². The number of hydrogen-bond donors (Lipinski definition) is 0. The highest BCUT2D eigenvalue weighted by molar-refractivity contribution is 6.42. The number of halogens is 7. The number of alkyl halides is 7. The van der Waals surface area contributed by atoms with E-state index in [9.17, 15) is 35.9 Å². The van der Waals surface area contributed by atoms with Crippen LogP contribution in [0.25, 0.3) is 0 Å². The molecule has 0 saturated heterocycles. The maximum atomic E-state index is 15.7. The SMILES string of the molecule is CCCCCCCCCCC(F)(CCCCCCCCCC)C(=O)C(=O)C(F)(F)C(F)(F)C(F)(F)CC. The second-order valence-electron chi connectivity index (χ2n) is 10.3. The molecule has 0 aliphatic carbocycles. The smallest absolute Gasteiger partial charge is 0.287 e. The molecule has 0 bridgehead atoms. The average molecular weight is 549 g/mol. The average Bonchev–Trinajstić information content (AvgIpc) is 2.85. The minimum absolute atomic E-state index is 0.105. The topological polar surface area (TPSA) is 34.1 Å². The fourth-order valence-electron chi connectivity index (χ4n) is 4.37. The molecule has 0 aromatic carbocycles. The Hall–Kier alpha value is -1.15. The highest BCUT2D eigenvalue weighted by Crippen LogP contribution is 2.48. The van der Waals surface area contributed by atoms with E-state index in [1.54, 1.807) is 0 Å². The van der Waals surface area contributed by atoms with Crippen LogP contribution < -0.4 is 0 Å². The van der Waals surface area contributed by atoms with Gasteiger partial charge >= 0.3 is 17.8 Å². The second kappa shape index (κ2) is 17.4. The molecule has 0 heterocycles. The van der Waals surface area contributed by atoms with Gasteiger partial charge in [-0.3, -0.25) is 9.59 Å². The van der Waals surface area contributed by atoms with Gasteiger partial charge in [0.05, 0.1) is 0 Å². The number of Topliss-reactive ketones (excluding diaryl/α,β-unsaturated/α-hetero) is 2. The predicted octanol–water partition coefficient (Wildman–Crippen LogP) is 10.2. The van der Waals surface area contributed by atoms with Gasteiger partial charge in [-0.15, -0.1) is 0 Å². The van der Waals surface area contributed by atoms with Gasteiger partial charge in [-0.1, -0.05) is 111 Å². The molecule has 0 N–H and O–H groups in total. The summed E-state index contributed by atoms with van der Waals surface area (Å²) in [6.07, 6.45) is 9.97. The van der Waals surface area contributed by atoms with Crippen molar-refractivity contribution in [3.05, 3.63) is 0 Å². The monoisotopic (exact) mass is 548 g/mol. The maximum absolute atomic E-state index is 15.7. The lowest BCUT2D eigenvalue weighted by atomic mass is 9.83. The van der Waals surface area contributed by atoms with Crippen LogP contribution in [0.4, 0.5) is 30.7 Å². The molecule has 0 amide bonds. The highest BCUT2D eigenvalue weighted by atomic mass is 19.3. The zero-order chi connectivity index (χ0) is 28.6. The lowest BCUT2D eigenvalue weighted by molar-refractivity contribution is -0.296. The summed E-state index contributed by atoms with van der Waals surface area (Å²) in [6.45, 7) is 4.71. The number of unbranched alkanes of at least 4 members (excludes halogenated alkanes) is 14. The normalized spacial score (nSPS) is 13.2. The van der Waals surface area contributed by atoms with Gasteiger partial charge in [0.1, 0.15) is 0 Å². The van der Waals surface area contributed by atoms with E-state index in [1.165, 1.54) is 0 Å². The van der Waals surface area contributed by atoms with Crippen LogP contribution in [0.3, 0.4) is 0 Å². The fraction of sp³-hybridized carbons (Fsp3) is 0.929. The van der Waals surface area contributed by atoms with E-state index in [0.29, 0.717) is 19.8 Å². The predicted molar refractivity (Wildman–Crippen MR) is 133 cm³/mol. The number of rotatable bonds is 24. The first-order chi connectivity index (χ1) is 17.2. The summed E-state index contributed by atoms with van der Waals surface area (Å²) in [4.78, 5) is 24.7. The zero-order valence-corrected chi connectivity index (χ0v) is 22.9. The van der Waals surface area contributed by atoms with E-state index >= 15 is 4.39 Å². The first-order valence-corrected chi connectivity index (χ1v) is 14.2. The zero-order valence-electron chi connectivity index (χ0n) is 22.9. The molecule has 0 atom stereocenters. The largest absolute Gasteiger partial charge is 0.381 e. The van der Waals surface area contributed by atoms with Crippen molar-refractivity contribution in [3.63, 3.8) is 0 Å². The third kappa shape index (κ3) is 11.2. The molecule has 0 unspecified atom stereocenters. The quantitative estimate of drug-likeness (QED) is 0.0683. The van der Waals surface area contributed by atoms with Gasteiger partial charge in [-0.05, 0) is 25.7 Å². The Morgan fingerprint density at radius 1 is 0.486 bits per heavy atom. The molecule has 0 radical (unpaired) electrons. The van der Waals surface area contributed by atoms with Crippen LogP contribution in [0.15, 0.2) is 0 Å². The summed E-state index contributed by atoms with van der Waals surface area (Å²) >= 11 is 0. The van der Waals surface area contributed by atoms with Crippen molar-refractivity contribution >= 4 is 11.6 Å². The number of carbonyl (C=O) groups is 2. The molecule has 0 aromatic heterocycles. The van der Waals surface area contributed by atoms with Gasteiger partial charge in [-0.2, -0.15) is 26.3 Å². The van der Waals surface area contributed by atoms with E-state index in [2.05, 4.69) is 13.8 Å². The summed E-state index contributed by atoms with van der Waals surface area (Å²) < 4.78 is 99.3. The van der Waals surface area contributed by atoms with Gasteiger partial charge in [0.2, 0.25) is 5.78 Å². The molecule has 0 aliphatic rings. The third-order valence-electron chi connectivity index (χ3n) is 7.05. The van der Waals surface area contributed by atoms with Crippen LogP contribution >= 0.6 is 0 Å². The third-order valence-corrected chi connectivity index (χ3v) is 7.05. The second-order valence-corrected chi connectivity index (χ2v) is 10.3. The number of carbonyl (C=O) groups excluding carboxylic acids is 2. The van der Waals surface area contributed by atoms with Crippen molar-refractivity contribution in [2.45, 2.75) is 166 Å². The minimum Gasteiger partial charge on any atom is -0.287 e. The van der Waals surface area contributed by atoms with Crippen LogP contribution in [0.2, 0.25) is 0 Å². The molecule has 0 aliphatic heterocycles. The molecule has 9 heteroatoms. The Labute approximate surface area is 218 Å². The first-order valence-electron chi connectivity index (χ1n) is 14.2. The van der Waals surface area contributed by atoms with Gasteiger partial charge in [0.15, 0.2) is 5.67 Å². The Bertz CT molecular complexity index is 630. The Morgan fingerprint density at radius 2 is 0.811 bits per heavy atom. The molecule has 0 spiro atoms. The summed E-state index contributed by atoms with van der Waals surface area (Å²) in [5, 5.41) is 0. The molecular weight excluding hydrogens is 501 g/mol. The van der Waals surface area contributed by atoms with Crippen LogP contribution in [-0.4, -0.2) is 35.0 Å². The summed E-state index contributed by atoms with van der Waals surface area (Å²) in [7, 11) is 0. The Balaban J connectivity index is 5.29. The van der Waals surface area contributed by atoms with Gasteiger partial charge < -0.3 is 0 Å². The maximum Gasteiger partial charge on any atom is 0.381 e. The van der Waals surface area contributed by atoms with Gasteiger partial charge in [0, 0.05) is 6.42 Å². The summed E-state index contributed by atoms with van der Waals surface area (Å²) in [5.74, 6) is -22.8. The van der Waals surface area contributed by atoms with Crippen LogP contribution in [0, 0.1) is 0 Å². The van der Waals surface area contributed by atoms with Crippen molar-refractivity contribution in [2.24, 2.45) is 0 Å². The molecular formula is C28H47F7O2. The molecule has 0 rings (SSSR count).